The lowest BCUT2D eigenvalue weighted by molar-refractivity contribution is 0.262. The van der Waals surface area contributed by atoms with Crippen LogP contribution in [-0.2, 0) is 6.61 Å². The Morgan fingerprint density at radius 1 is 1.15 bits per heavy atom. The molecule has 2 aromatic carbocycles. The van der Waals surface area contributed by atoms with E-state index in [0.717, 1.165) is 11.3 Å². The lowest BCUT2D eigenvalue weighted by Crippen LogP contribution is -2.19. The minimum atomic E-state index is -0.434. The zero-order chi connectivity index (χ0) is 19.2. The number of para-hydroxylation sites is 2. The molecule has 0 radical (unpaired) electrons. The molecule has 0 aliphatic carbocycles. The van der Waals surface area contributed by atoms with Crippen molar-refractivity contribution in [3.05, 3.63) is 58.1 Å². The van der Waals surface area contributed by atoms with Crippen LogP contribution in [0.25, 0.3) is 0 Å². The number of benzene rings is 2. The summed E-state index contributed by atoms with van der Waals surface area (Å²) < 4.78 is 10.9. The van der Waals surface area contributed by atoms with E-state index in [0.29, 0.717) is 26.6 Å². The summed E-state index contributed by atoms with van der Waals surface area (Å²) in [6, 6.07) is 12.1. The summed E-state index contributed by atoms with van der Waals surface area (Å²) in [5.41, 5.74) is 1.49. The van der Waals surface area contributed by atoms with Gasteiger partial charge in [-0.05, 0) is 42.8 Å². The maximum Gasteiger partial charge on any atom is 0.325 e. The lowest BCUT2D eigenvalue weighted by atomic mass is 10.2. The molecular formula is C18H17ClN4O3S. The molecule has 7 nitrogen and oxygen atoms in total. The fraction of sp³-hybridized carbons (Fsp3) is 0.167. The second kappa shape index (κ2) is 8.70. The van der Waals surface area contributed by atoms with E-state index in [1.807, 2.05) is 19.1 Å². The van der Waals surface area contributed by atoms with Crippen LogP contribution in [0.1, 0.15) is 10.6 Å². The highest BCUT2D eigenvalue weighted by atomic mass is 35.5. The number of hydrogen-bond acceptors (Lipinski definition) is 6. The van der Waals surface area contributed by atoms with Crippen molar-refractivity contribution in [1.29, 1.82) is 0 Å². The smallest absolute Gasteiger partial charge is 0.325 e. The van der Waals surface area contributed by atoms with Gasteiger partial charge in [0.15, 0.2) is 5.01 Å². The van der Waals surface area contributed by atoms with Gasteiger partial charge in [0.05, 0.1) is 12.8 Å². The molecule has 1 heterocycles. The SMILES string of the molecule is COc1ccccc1NC(=O)Nc1nnc(COc2ccc(Cl)cc2C)s1. The Kier molecular flexibility index (Phi) is 6.10. The van der Waals surface area contributed by atoms with Crippen molar-refractivity contribution in [2.24, 2.45) is 0 Å². The molecule has 140 valence electrons. The summed E-state index contributed by atoms with van der Waals surface area (Å²) in [5, 5.41) is 15.0. The van der Waals surface area contributed by atoms with Gasteiger partial charge in [0.25, 0.3) is 0 Å². The van der Waals surface area contributed by atoms with Gasteiger partial charge in [0.1, 0.15) is 18.1 Å². The van der Waals surface area contributed by atoms with Crippen LogP contribution in [-0.4, -0.2) is 23.3 Å². The number of nitrogens with zero attached hydrogens (tertiary/aromatic N) is 2. The number of halogens is 1. The van der Waals surface area contributed by atoms with Gasteiger partial charge in [-0.25, -0.2) is 4.79 Å². The van der Waals surface area contributed by atoms with Crippen LogP contribution in [0.3, 0.4) is 0 Å². The number of anilines is 2. The van der Waals surface area contributed by atoms with Crippen LogP contribution < -0.4 is 20.1 Å². The zero-order valence-electron chi connectivity index (χ0n) is 14.7. The van der Waals surface area contributed by atoms with Gasteiger partial charge in [-0.15, -0.1) is 10.2 Å². The lowest BCUT2D eigenvalue weighted by Gasteiger charge is -2.09. The molecule has 27 heavy (non-hydrogen) atoms. The predicted octanol–water partition coefficient (Wildman–Crippen LogP) is 4.73. The first-order valence-electron chi connectivity index (χ1n) is 7.97. The fourth-order valence-electron chi connectivity index (χ4n) is 2.28. The first kappa shape index (κ1) is 18.9. The third-order valence-electron chi connectivity index (χ3n) is 3.53. The third kappa shape index (κ3) is 5.08. The van der Waals surface area contributed by atoms with Crippen molar-refractivity contribution in [2.75, 3.05) is 17.7 Å². The van der Waals surface area contributed by atoms with E-state index >= 15 is 0 Å². The van der Waals surface area contributed by atoms with Crippen molar-refractivity contribution < 1.29 is 14.3 Å². The van der Waals surface area contributed by atoms with E-state index in [-0.39, 0.29) is 6.61 Å². The minimum absolute atomic E-state index is 0.246. The Bertz CT molecular complexity index is 948. The van der Waals surface area contributed by atoms with Crippen molar-refractivity contribution in [3.63, 3.8) is 0 Å². The molecule has 1 aromatic heterocycles. The van der Waals surface area contributed by atoms with Crippen LogP contribution >= 0.6 is 22.9 Å². The number of urea groups is 1. The molecule has 3 rings (SSSR count). The number of carbonyl (C=O) groups is 1. The third-order valence-corrected chi connectivity index (χ3v) is 4.58. The highest BCUT2D eigenvalue weighted by Crippen LogP contribution is 2.25. The molecule has 0 unspecified atom stereocenters. The predicted molar refractivity (Wildman–Crippen MR) is 106 cm³/mol. The summed E-state index contributed by atoms with van der Waals surface area (Å²) in [6.07, 6.45) is 0. The molecule has 0 saturated heterocycles. The summed E-state index contributed by atoms with van der Waals surface area (Å²) in [5.74, 6) is 1.29. The van der Waals surface area contributed by atoms with Gasteiger partial charge in [0.2, 0.25) is 5.13 Å². The second-order valence-corrected chi connectivity index (χ2v) is 6.98. The van der Waals surface area contributed by atoms with E-state index in [4.69, 9.17) is 21.1 Å². The molecular weight excluding hydrogens is 388 g/mol. The maximum atomic E-state index is 12.1. The standard InChI is InChI=1S/C18H17ClN4O3S/c1-11-9-12(19)7-8-14(11)26-10-16-22-23-18(27-16)21-17(24)20-13-5-3-4-6-15(13)25-2/h3-9H,10H2,1-2H3,(H2,20,21,23,24). The van der Waals surface area contributed by atoms with Gasteiger partial charge in [-0.2, -0.15) is 0 Å². The maximum absolute atomic E-state index is 12.1. The summed E-state index contributed by atoms with van der Waals surface area (Å²) in [7, 11) is 1.54. The number of ether oxygens (including phenoxy) is 2. The van der Waals surface area contributed by atoms with E-state index in [2.05, 4.69) is 20.8 Å². The molecule has 2 amide bonds. The average molecular weight is 405 g/mol. The van der Waals surface area contributed by atoms with Gasteiger partial charge >= 0.3 is 6.03 Å². The molecule has 0 fully saturated rings. The van der Waals surface area contributed by atoms with Crippen LogP contribution in [0.5, 0.6) is 11.5 Å². The van der Waals surface area contributed by atoms with Crippen molar-refractivity contribution in [1.82, 2.24) is 10.2 Å². The monoisotopic (exact) mass is 404 g/mol. The number of aryl methyl sites for hydroxylation is 1. The summed E-state index contributed by atoms with van der Waals surface area (Å²) in [4.78, 5) is 12.1. The highest BCUT2D eigenvalue weighted by Gasteiger charge is 2.11. The number of aromatic nitrogens is 2. The van der Waals surface area contributed by atoms with Gasteiger partial charge in [-0.3, -0.25) is 5.32 Å². The Balaban J connectivity index is 1.56. The largest absolute Gasteiger partial charge is 0.495 e. The molecule has 9 heteroatoms. The normalized spacial score (nSPS) is 10.3. The number of methoxy groups -OCH3 is 1. The first-order valence-corrected chi connectivity index (χ1v) is 9.17. The van der Waals surface area contributed by atoms with Crippen LogP contribution in [0.2, 0.25) is 5.02 Å². The van der Waals surface area contributed by atoms with E-state index < -0.39 is 6.03 Å². The number of rotatable bonds is 6. The van der Waals surface area contributed by atoms with Crippen molar-refractivity contribution in [3.8, 4) is 11.5 Å². The van der Waals surface area contributed by atoms with Crippen LogP contribution in [0.15, 0.2) is 42.5 Å². The van der Waals surface area contributed by atoms with Gasteiger partial charge in [0, 0.05) is 5.02 Å². The van der Waals surface area contributed by atoms with Crippen LogP contribution in [0, 0.1) is 6.92 Å². The molecule has 0 aliphatic rings. The zero-order valence-corrected chi connectivity index (χ0v) is 16.2. The molecule has 2 N–H and O–H groups in total. The molecule has 0 spiro atoms. The van der Waals surface area contributed by atoms with E-state index in [1.165, 1.54) is 18.4 Å². The second-order valence-electron chi connectivity index (χ2n) is 5.48. The van der Waals surface area contributed by atoms with Crippen molar-refractivity contribution >= 4 is 39.8 Å². The van der Waals surface area contributed by atoms with Gasteiger partial charge in [-0.1, -0.05) is 35.1 Å². The molecule has 0 bridgehead atoms. The molecule has 0 aliphatic heterocycles. The Hall–Kier alpha value is -2.84. The van der Waals surface area contributed by atoms with Crippen molar-refractivity contribution in [2.45, 2.75) is 13.5 Å². The molecule has 3 aromatic rings. The number of hydrogen-bond donors (Lipinski definition) is 2. The Morgan fingerprint density at radius 3 is 2.74 bits per heavy atom. The molecule has 0 saturated carbocycles. The first-order chi connectivity index (χ1) is 13.0. The van der Waals surface area contributed by atoms with E-state index in [9.17, 15) is 4.79 Å². The fourth-order valence-corrected chi connectivity index (χ4v) is 3.15. The highest BCUT2D eigenvalue weighted by molar-refractivity contribution is 7.15. The topological polar surface area (TPSA) is 85.4 Å². The minimum Gasteiger partial charge on any atom is -0.495 e. The number of nitrogens with one attached hydrogen (secondary N) is 2. The average Bonchev–Trinajstić information content (AvgIpc) is 3.08. The number of amides is 2. The van der Waals surface area contributed by atoms with E-state index in [1.54, 1.807) is 30.3 Å². The van der Waals surface area contributed by atoms with Crippen LogP contribution in [0.4, 0.5) is 15.6 Å². The molecule has 0 atom stereocenters. The quantitative estimate of drug-likeness (QED) is 0.620. The number of carbonyl (C=O) groups excluding carboxylic acids is 1. The Labute approximate surface area is 165 Å². The van der Waals surface area contributed by atoms with Gasteiger partial charge < -0.3 is 14.8 Å². The summed E-state index contributed by atoms with van der Waals surface area (Å²) in [6.45, 7) is 2.16. The summed E-state index contributed by atoms with van der Waals surface area (Å²) >= 11 is 7.17. The Morgan fingerprint density at radius 2 is 1.96 bits per heavy atom.